The Kier molecular flexibility index (Phi) is 6.53. The van der Waals surface area contributed by atoms with Gasteiger partial charge >= 0.3 is 0 Å². The number of benzene rings is 3. The maximum absolute atomic E-state index is 12.5. The van der Waals surface area contributed by atoms with Gasteiger partial charge in [-0.2, -0.15) is 0 Å². The minimum absolute atomic E-state index is 0.0209. The maximum atomic E-state index is 12.5. The molecule has 1 aliphatic heterocycles. The summed E-state index contributed by atoms with van der Waals surface area (Å²) in [6.07, 6.45) is 0. The number of nitrogens with zero attached hydrogens (tertiary/aromatic N) is 2. The van der Waals surface area contributed by atoms with Crippen molar-refractivity contribution in [2.75, 3.05) is 37.7 Å². The molecule has 1 heterocycles. The lowest BCUT2D eigenvalue weighted by atomic mass is 10.0. The molecule has 4 rings (SSSR count). The lowest BCUT2D eigenvalue weighted by Crippen LogP contribution is -2.50. The molecular weight excluding hydrogens is 412 g/mol. The van der Waals surface area contributed by atoms with Crippen molar-refractivity contribution in [1.29, 1.82) is 0 Å². The van der Waals surface area contributed by atoms with E-state index in [1.54, 1.807) is 36.4 Å². The van der Waals surface area contributed by atoms with E-state index < -0.39 is 0 Å². The molecule has 158 valence electrons. The Bertz CT molecular complexity index is 1030. The van der Waals surface area contributed by atoms with Gasteiger partial charge in [-0.25, -0.2) is 0 Å². The number of anilines is 1. The van der Waals surface area contributed by atoms with E-state index in [0.717, 1.165) is 18.8 Å². The monoisotopic (exact) mass is 434 g/mol. The van der Waals surface area contributed by atoms with Crippen molar-refractivity contribution in [3.05, 3.63) is 95.0 Å². The molecule has 5 nitrogen and oxygen atoms in total. The molecule has 0 unspecified atom stereocenters. The number of halogens is 1. The van der Waals surface area contributed by atoms with Gasteiger partial charge in [-0.1, -0.05) is 41.9 Å². The van der Waals surface area contributed by atoms with E-state index in [0.29, 0.717) is 35.0 Å². The van der Waals surface area contributed by atoms with Crippen LogP contribution in [-0.2, 0) is 4.79 Å². The number of hydrogen-bond acceptors (Lipinski definition) is 4. The van der Waals surface area contributed by atoms with Crippen LogP contribution in [0.4, 0.5) is 5.69 Å². The van der Waals surface area contributed by atoms with Crippen molar-refractivity contribution in [3.63, 3.8) is 0 Å². The minimum atomic E-state index is -0.0415. The number of piperazine rings is 1. The number of rotatable bonds is 6. The molecule has 0 aliphatic carbocycles. The van der Waals surface area contributed by atoms with Crippen molar-refractivity contribution in [2.45, 2.75) is 0 Å². The van der Waals surface area contributed by atoms with Crippen LogP contribution in [0, 0.1) is 0 Å². The first-order valence-corrected chi connectivity index (χ1v) is 10.6. The third-order valence-electron chi connectivity index (χ3n) is 5.34. The Hall–Kier alpha value is -3.31. The SMILES string of the molecule is O=C(c1ccccc1)c1ccc(OCC(=O)N2CCN(c3ccc(Cl)cc3)CC2)cc1. The zero-order valence-corrected chi connectivity index (χ0v) is 17.8. The summed E-state index contributed by atoms with van der Waals surface area (Å²) in [5.41, 5.74) is 2.34. The molecule has 6 heteroatoms. The second-order valence-electron chi connectivity index (χ2n) is 7.35. The predicted molar refractivity (Wildman–Crippen MR) is 122 cm³/mol. The van der Waals surface area contributed by atoms with Gasteiger partial charge in [0.2, 0.25) is 0 Å². The summed E-state index contributed by atoms with van der Waals surface area (Å²) >= 11 is 5.95. The maximum Gasteiger partial charge on any atom is 0.260 e. The first kappa shape index (κ1) is 20.9. The number of carbonyl (C=O) groups excluding carboxylic acids is 2. The summed E-state index contributed by atoms with van der Waals surface area (Å²) in [6, 6.07) is 23.8. The highest BCUT2D eigenvalue weighted by Gasteiger charge is 2.21. The van der Waals surface area contributed by atoms with Crippen LogP contribution in [0.15, 0.2) is 78.9 Å². The Morgan fingerprint density at radius 2 is 1.39 bits per heavy atom. The molecular formula is C25H23ClN2O3. The number of carbonyl (C=O) groups is 2. The van der Waals surface area contributed by atoms with Crippen molar-refractivity contribution >= 4 is 29.0 Å². The van der Waals surface area contributed by atoms with E-state index in [4.69, 9.17) is 16.3 Å². The zero-order chi connectivity index (χ0) is 21.6. The third-order valence-corrected chi connectivity index (χ3v) is 5.59. The van der Waals surface area contributed by atoms with Gasteiger partial charge in [-0.05, 0) is 48.5 Å². The van der Waals surface area contributed by atoms with Gasteiger partial charge in [0.1, 0.15) is 5.75 Å². The molecule has 3 aromatic rings. The molecule has 31 heavy (non-hydrogen) atoms. The molecule has 1 aliphatic rings. The van der Waals surface area contributed by atoms with Crippen molar-refractivity contribution < 1.29 is 14.3 Å². The fourth-order valence-electron chi connectivity index (χ4n) is 3.56. The van der Waals surface area contributed by atoms with E-state index in [1.807, 2.05) is 47.4 Å². The molecule has 0 saturated carbocycles. The number of ether oxygens (including phenoxy) is 1. The van der Waals surface area contributed by atoms with Gasteiger partial charge in [-0.3, -0.25) is 9.59 Å². The second kappa shape index (κ2) is 9.67. The highest BCUT2D eigenvalue weighted by atomic mass is 35.5. The fourth-order valence-corrected chi connectivity index (χ4v) is 3.69. The van der Waals surface area contributed by atoms with Gasteiger partial charge < -0.3 is 14.5 Å². The molecule has 0 spiro atoms. The van der Waals surface area contributed by atoms with E-state index in [1.165, 1.54) is 0 Å². The van der Waals surface area contributed by atoms with Gasteiger partial charge in [0.25, 0.3) is 5.91 Å². The fraction of sp³-hybridized carbons (Fsp3) is 0.200. The van der Waals surface area contributed by atoms with Crippen molar-refractivity contribution in [3.8, 4) is 5.75 Å². The Balaban J connectivity index is 1.26. The predicted octanol–water partition coefficient (Wildman–Crippen LogP) is 4.30. The van der Waals surface area contributed by atoms with E-state index in [9.17, 15) is 9.59 Å². The average molecular weight is 435 g/mol. The Morgan fingerprint density at radius 1 is 0.774 bits per heavy atom. The quantitative estimate of drug-likeness (QED) is 0.543. The number of amides is 1. The van der Waals surface area contributed by atoms with Gasteiger partial charge in [0.05, 0.1) is 0 Å². The van der Waals surface area contributed by atoms with Gasteiger partial charge in [0, 0.05) is 48.0 Å². The van der Waals surface area contributed by atoms with E-state index >= 15 is 0 Å². The zero-order valence-electron chi connectivity index (χ0n) is 17.0. The summed E-state index contributed by atoms with van der Waals surface area (Å²) in [5.74, 6) is 0.486. The minimum Gasteiger partial charge on any atom is -0.484 e. The largest absolute Gasteiger partial charge is 0.484 e. The average Bonchev–Trinajstić information content (AvgIpc) is 2.83. The van der Waals surface area contributed by atoms with Crippen LogP contribution in [-0.4, -0.2) is 49.4 Å². The summed E-state index contributed by atoms with van der Waals surface area (Å²) in [6.45, 7) is 2.81. The second-order valence-corrected chi connectivity index (χ2v) is 7.79. The molecule has 0 bridgehead atoms. The summed E-state index contributed by atoms with van der Waals surface area (Å²) in [4.78, 5) is 29.1. The molecule has 0 radical (unpaired) electrons. The lowest BCUT2D eigenvalue weighted by Gasteiger charge is -2.36. The highest BCUT2D eigenvalue weighted by Crippen LogP contribution is 2.20. The summed E-state index contributed by atoms with van der Waals surface area (Å²) in [5, 5.41) is 0.715. The van der Waals surface area contributed by atoms with Crippen LogP contribution in [0.3, 0.4) is 0 Å². The molecule has 0 atom stereocenters. The molecule has 0 aromatic heterocycles. The molecule has 1 saturated heterocycles. The number of ketones is 1. The van der Waals surface area contributed by atoms with E-state index in [-0.39, 0.29) is 18.3 Å². The first-order valence-electron chi connectivity index (χ1n) is 10.2. The van der Waals surface area contributed by atoms with Crippen molar-refractivity contribution in [1.82, 2.24) is 4.90 Å². The van der Waals surface area contributed by atoms with E-state index in [2.05, 4.69) is 4.90 Å². The smallest absolute Gasteiger partial charge is 0.260 e. The summed E-state index contributed by atoms with van der Waals surface area (Å²) in [7, 11) is 0. The summed E-state index contributed by atoms with van der Waals surface area (Å²) < 4.78 is 5.66. The van der Waals surface area contributed by atoms with Crippen molar-refractivity contribution in [2.24, 2.45) is 0 Å². The molecule has 0 N–H and O–H groups in total. The Labute approximate surface area is 186 Å². The van der Waals surface area contributed by atoms with Crippen LogP contribution in [0.25, 0.3) is 0 Å². The topological polar surface area (TPSA) is 49.9 Å². The molecule has 3 aromatic carbocycles. The number of hydrogen-bond donors (Lipinski definition) is 0. The normalized spacial score (nSPS) is 13.7. The van der Waals surface area contributed by atoms with Crippen LogP contribution >= 0.6 is 11.6 Å². The van der Waals surface area contributed by atoms with Gasteiger partial charge in [0.15, 0.2) is 12.4 Å². The molecule has 1 fully saturated rings. The highest BCUT2D eigenvalue weighted by molar-refractivity contribution is 6.30. The Morgan fingerprint density at radius 3 is 2.03 bits per heavy atom. The first-order chi connectivity index (χ1) is 15.1. The molecule has 1 amide bonds. The third kappa shape index (κ3) is 5.25. The van der Waals surface area contributed by atoms with Crippen LogP contribution < -0.4 is 9.64 Å². The van der Waals surface area contributed by atoms with Crippen LogP contribution in [0.1, 0.15) is 15.9 Å². The van der Waals surface area contributed by atoms with Gasteiger partial charge in [-0.15, -0.1) is 0 Å². The lowest BCUT2D eigenvalue weighted by molar-refractivity contribution is -0.133. The standard InChI is InChI=1S/C25H23ClN2O3/c26-21-8-10-22(11-9-21)27-14-16-28(17-15-27)24(29)18-31-23-12-6-20(7-13-23)25(30)19-4-2-1-3-5-19/h1-13H,14-18H2. The van der Waals surface area contributed by atoms with Crippen LogP contribution in [0.2, 0.25) is 5.02 Å². The van der Waals surface area contributed by atoms with Crippen LogP contribution in [0.5, 0.6) is 5.75 Å².